The van der Waals surface area contributed by atoms with Gasteiger partial charge < -0.3 is 9.47 Å². The van der Waals surface area contributed by atoms with Crippen molar-refractivity contribution in [3.63, 3.8) is 0 Å². The molecule has 5 rings (SSSR count). The predicted molar refractivity (Wildman–Crippen MR) is 159 cm³/mol. The highest BCUT2D eigenvalue weighted by molar-refractivity contribution is 5.33. The molecule has 3 aliphatic rings. The lowest BCUT2D eigenvalue weighted by atomic mass is 9.68. The molecule has 0 atom stereocenters. The van der Waals surface area contributed by atoms with E-state index >= 15 is 4.39 Å². The number of hydrogen-bond acceptors (Lipinski definition) is 2. The van der Waals surface area contributed by atoms with E-state index in [1.54, 1.807) is 6.07 Å². The van der Waals surface area contributed by atoms with Crippen LogP contribution in [0, 0.1) is 35.3 Å². The summed E-state index contributed by atoms with van der Waals surface area (Å²) in [5.41, 5.74) is 1.94. The second-order valence-electron chi connectivity index (χ2n) is 13.7. The first-order valence-corrected chi connectivity index (χ1v) is 16.8. The standard InChI is InChI=1S/C36H45F7O2/c1-2-3-4-23-5-7-26(8-6-23)28-15-19-31(32(37)21-28)27-11-9-24(10-12-27)25-13-16-29(17-14-25)35(39,40)44-30-18-20-34(33(38)22-30)45-36(41,42)43/h15,18-27,29H,2-14,16-17H2,1H3. The summed E-state index contributed by atoms with van der Waals surface area (Å²) in [4.78, 5) is 0. The monoisotopic (exact) mass is 642 g/mol. The Morgan fingerprint density at radius 3 is 1.87 bits per heavy atom. The zero-order chi connectivity index (χ0) is 32.2. The largest absolute Gasteiger partial charge is 0.573 e. The Labute approximate surface area is 262 Å². The van der Waals surface area contributed by atoms with Crippen LogP contribution in [0.4, 0.5) is 30.7 Å². The van der Waals surface area contributed by atoms with Crippen molar-refractivity contribution in [3.8, 4) is 11.5 Å². The molecule has 0 saturated heterocycles. The minimum atomic E-state index is -5.10. The number of alkyl halides is 5. The number of halogens is 7. The second kappa shape index (κ2) is 14.5. The molecule has 2 aromatic rings. The van der Waals surface area contributed by atoms with E-state index in [2.05, 4.69) is 17.7 Å². The Morgan fingerprint density at radius 1 is 0.667 bits per heavy atom. The highest BCUT2D eigenvalue weighted by Gasteiger charge is 2.45. The quantitative estimate of drug-likeness (QED) is 0.240. The van der Waals surface area contributed by atoms with Crippen LogP contribution in [0.25, 0.3) is 0 Å². The molecule has 250 valence electrons. The molecule has 0 spiro atoms. The summed E-state index contributed by atoms with van der Waals surface area (Å²) in [6.07, 6.45) is 5.33. The van der Waals surface area contributed by atoms with Gasteiger partial charge in [-0.25, -0.2) is 8.78 Å². The number of rotatable bonds is 10. The van der Waals surface area contributed by atoms with Crippen LogP contribution in [0.1, 0.15) is 126 Å². The fraction of sp³-hybridized carbons (Fsp3) is 0.667. The maximum atomic E-state index is 15.3. The first kappa shape index (κ1) is 33.9. The van der Waals surface area contributed by atoms with E-state index in [-0.39, 0.29) is 24.6 Å². The van der Waals surface area contributed by atoms with Gasteiger partial charge in [-0.2, -0.15) is 8.78 Å². The zero-order valence-corrected chi connectivity index (χ0v) is 26.0. The van der Waals surface area contributed by atoms with Gasteiger partial charge in [0.15, 0.2) is 11.6 Å². The van der Waals surface area contributed by atoms with E-state index in [9.17, 15) is 26.3 Å². The highest BCUT2D eigenvalue weighted by atomic mass is 19.4. The first-order valence-electron chi connectivity index (χ1n) is 16.8. The second-order valence-corrected chi connectivity index (χ2v) is 13.7. The number of benzene rings is 2. The Morgan fingerprint density at radius 2 is 1.29 bits per heavy atom. The van der Waals surface area contributed by atoms with Crippen molar-refractivity contribution in [2.45, 2.75) is 128 Å². The van der Waals surface area contributed by atoms with Crippen molar-refractivity contribution in [2.24, 2.45) is 23.7 Å². The molecule has 45 heavy (non-hydrogen) atoms. The topological polar surface area (TPSA) is 18.5 Å². The van der Waals surface area contributed by atoms with Gasteiger partial charge in [0, 0.05) is 6.07 Å². The van der Waals surface area contributed by atoms with Gasteiger partial charge in [-0.05, 0) is 136 Å². The molecule has 0 heterocycles. The van der Waals surface area contributed by atoms with E-state index in [1.807, 2.05) is 6.07 Å². The van der Waals surface area contributed by atoms with Gasteiger partial charge in [-0.3, -0.25) is 0 Å². The third-order valence-electron chi connectivity index (χ3n) is 10.8. The van der Waals surface area contributed by atoms with Crippen LogP contribution in [0.5, 0.6) is 11.5 Å². The lowest BCUT2D eigenvalue weighted by Crippen LogP contribution is -2.38. The fourth-order valence-corrected chi connectivity index (χ4v) is 8.23. The van der Waals surface area contributed by atoms with Crippen LogP contribution < -0.4 is 9.47 Å². The van der Waals surface area contributed by atoms with E-state index in [0.717, 1.165) is 61.6 Å². The third kappa shape index (κ3) is 8.88. The molecular formula is C36H45F7O2. The maximum Gasteiger partial charge on any atom is 0.573 e. The average Bonchev–Trinajstić information content (AvgIpc) is 3.01. The molecule has 3 aliphatic carbocycles. The van der Waals surface area contributed by atoms with Crippen LogP contribution in [-0.4, -0.2) is 12.5 Å². The van der Waals surface area contributed by atoms with Crippen molar-refractivity contribution in [3.05, 3.63) is 59.2 Å². The molecule has 0 unspecified atom stereocenters. The first-order chi connectivity index (χ1) is 21.4. The fourth-order valence-electron chi connectivity index (χ4n) is 8.23. The van der Waals surface area contributed by atoms with Gasteiger partial charge in [0.05, 0.1) is 5.92 Å². The van der Waals surface area contributed by atoms with Gasteiger partial charge in [0.25, 0.3) is 0 Å². The molecule has 0 aliphatic heterocycles. The Kier molecular flexibility index (Phi) is 11.0. The molecule has 0 N–H and O–H groups in total. The maximum absolute atomic E-state index is 15.3. The molecule has 2 nitrogen and oxygen atoms in total. The molecular weight excluding hydrogens is 597 g/mol. The van der Waals surface area contributed by atoms with E-state index < -0.39 is 35.7 Å². The Hall–Kier alpha value is -2.45. The number of ether oxygens (including phenoxy) is 2. The lowest BCUT2D eigenvalue weighted by molar-refractivity contribution is -0.275. The lowest BCUT2D eigenvalue weighted by Gasteiger charge is -2.39. The molecule has 0 radical (unpaired) electrons. The Balaban J connectivity index is 1.07. The van der Waals surface area contributed by atoms with Gasteiger partial charge in [-0.15, -0.1) is 13.2 Å². The van der Waals surface area contributed by atoms with Crippen LogP contribution in [0.15, 0.2) is 36.4 Å². The average molecular weight is 643 g/mol. The normalized spacial score (nSPS) is 28.1. The Bertz CT molecular complexity index is 1240. The predicted octanol–water partition coefficient (Wildman–Crippen LogP) is 12.1. The minimum absolute atomic E-state index is 0.0887. The van der Waals surface area contributed by atoms with Crippen molar-refractivity contribution >= 4 is 0 Å². The van der Waals surface area contributed by atoms with Crippen molar-refractivity contribution < 1.29 is 40.2 Å². The van der Waals surface area contributed by atoms with Gasteiger partial charge in [0.2, 0.25) is 0 Å². The van der Waals surface area contributed by atoms with Crippen LogP contribution in [-0.2, 0) is 0 Å². The van der Waals surface area contributed by atoms with Crippen molar-refractivity contribution in [2.75, 3.05) is 0 Å². The minimum Gasteiger partial charge on any atom is -0.432 e. The molecule has 0 aromatic heterocycles. The zero-order valence-electron chi connectivity index (χ0n) is 26.0. The van der Waals surface area contributed by atoms with Gasteiger partial charge in [0.1, 0.15) is 11.6 Å². The van der Waals surface area contributed by atoms with Crippen molar-refractivity contribution in [1.29, 1.82) is 0 Å². The number of unbranched alkanes of at least 4 members (excludes halogenated alkanes) is 1. The summed E-state index contributed by atoms with van der Waals surface area (Å²) < 4.78 is 105. The SMILES string of the molecule is CCCCC1CCC(c2ccc(C3CCC(C4CCC(C(F)(F)Oc5ccc(OC(F)(F)F)c(F)c5)CC4)CC3)c(F)c2)CC1. The van der Waals surface area contributed by atoms with Crippen molar-refractivity contribution in [1.82, 2.24) is 0 Å². The molecule has 0 amide bonds. The summed E-state index contributed by atoms with van der Waals surface area (Å²) in [6, 6.07) is 7.88. The molecule has 3 saturated carbocycles. The van der Waals surface area contributed by atoms with E-state index in [1.165, 1.54) is 32.1 Å². The summed E-state index contributed by atoms with van der Waals surface area (Å²) in [6.45, 7) is 2.23. The van der Waals surface area contributed by atoms with Crippen LogP contribution in [0.2, 0.25) is 0 Å². The molecule has 3 fully saturated rings. The third-order valence-corrected chi connectivity index (χ3v) is 10.8. The molecule has 2 aromatic carbocycles. The van der Waals surface area contributed by atoms with Crippen LogP contribution >= 0.6 is 0 Å². The van der Waals surface area contributed by atoms with Gasteiger partial charge >= 0.3 is 12.5 Å². The molecule has 0 bridgehead atoms. The smallest absolute Gasteiger partial charge is 0.432 e. The summed E-state index contributed by atoms with van der Waals surface area (Å²) in [5.74, 6) is -2.07. The summed E-state index contributed by atoms with van der Waals surface area (Å²) in [5, 5.41) is 0. The van der Waals surface area contributed by atoms with E-state index in [0.29, 0.717) is 42.7 Å². The molecule has 9 heteroatoms. The van der Waals surface area contributed by atoms with Crippen LogP contribution in [0.3, 0.4) is 0 Å². The highest BCUT2D eigenvalue weighted by Crippen LogP contribution is 2.48. The van der Waals surface area contributed by atoms with Gasteiger partial charge in [-0.1, -0.05) is 38.3 Å². The van der Waals surface area contributed by atoms with E-state index in [4.69, 9.17) is 4.74 Å². The summed E-state index contributed by atoms with van der Waals surface area (Å²) >= 11 is 0. The number of hydrogen-bond donors (Lipinski definition) is 0. The summed E-state index contributed by atoms with van der Waals surface area (Å²) in [7, 11) is 0.